The van der Waals surface area contributed by atoms with E-state index in [1.807, 2.05) is 37.0 Å². The van der Waals surface area contributed by atoms with Gasteiger partial charge in [0.15, 0.2) is 0 Å². The average molecular weight is 313 g/mol. The van der Waals surface area contributed by atoms with Crippen molar-refractivity contribution in [3.05, 3.63) is 23.9 Å². The van der Waals surface area contributed by atoms with E-state index in [1.165, 1.54) is 25.9 Å². The van der Waals surface area contributed by atoms with E-state index in [9.17, 15) is 0 Å². The van der Waals surface area contributed by atoms with Gasteiger partial charge in [0.2, 0.25) is 5.88 Å². The molecule has 1 aliphatic carbocycles. The minimum Gasteiger partial charge on any atom is -0.476 e. The standard InChI is InChI=1S/C17H23N5O/c1-11-7-19-22(2)17(11)15-3-4-16(21-20-15)23-10-12-5-13-8-18-9-14(13)6-12/h3-4,7,12-14,18H,5-6,8-10H2,1-2H3. The Morgan fingerprint density at radius 2 is 2.00 bits per heavy atom. The molecule has 1 N–H and O–H groups in total. The van der Waals surface area contributed by atoms with Gasteiger partial charge >= 0.3 is 0 Å². The maximum absolute atomic E-state index is 5.87. The first-order valence-corrected chi connectivity index (χ1v) is 8.37. The Labute approximate surface area is 136 Å². The van der Waals surface area contributed by atoms with Crippen LogP contribution in [-0.4, -0.2) is 39.7 Å². The normalized spacial score (nSPS) is 26.4. The third kappa shape index (κ3) is 2.83. The summed E-state index contributed by atoms with van der Waals surface area (Å²) in [4.78, 5) is 0. The highest BCUT2D eigenvalue weighted by atomic mass is 16.5. The first-order valence-electron chi connectivity index (χ1n) is 8.37. The number of aromatic nitrogens is 4. The molecule has 3 heterocycles. The predicted molar refractivity (Wildman–Crippen MR) is 87.0 cm³/mol. The first-order chi connectivity index (χ1) is 11.2. The lowest BCUT2D eigenvalue weighted by molar-refractivity contribution is 0.234. The number of fused-ring (bicyclic) bond motifs is 1. The Balaban J connectivity index is 1.37. The Kier molecular flexibility index (Phi) is 3.77. The molecule has 0 spiro atoms. The molecule has 6 heteroatoms. The van der Waals surface area contributed by atoms with Crippen molar-refractivity contribution in [2.45, 2.75) is 19.8 Å². The monoisotopic (exact) mass is 313 g/mol. The summed E-state index contributed by atoms with van der Waals surface area (Å²) in [5.74, 6) is 2.98. The fourth-order valence-electron chi connectivity index (χ4n) is 4.07. The Hall–Kier alpha value is -1.95. The molecule has 122 valence electrons. The van der Waals surface area contributed by atoms with Gasteiger partial charge in [-0.05, 0) is 62.2 Å². The molecule has 1 saturated carbocycles. The third-order valence-corrected chi connectivity index (χ3v) is 5.22. The van der Waals surface area contributed by atoms with Gasteiger partial charge in [-0.15, -0.1) is 10.2 Å². The van der Waals surface area contributed by atoms with Crippen molar-refractivity contribution >= 4 is 0 Å². The highest BCUT2D eigenvalue weighted by Gasteiger charge is 2.37. The van der Waals surface area contributed by atoms with Crippen LogP contribution in [0.25, 0.3) is 11.4 Å². The molecule has 23 heavy (non-hydrogen) atoms. The van der Waals surface area contributed by atoms with Gasteiger partial charge in [-0.2, -0.15) is 5.10 Å². The Morgan fingerprint density at radius 3 is 2.61 bits per heavy atom. The van der Waals surface area contributed by atoms with Crippen molar-refractivity contribution in [1.82, 2.24) is 25.3 Å². The van der Waals surface area contributed by atoms with Crippen LogP contribution in [0, 0.1) is 24.7 Å². The van der Waals surface area contributed by atoms with Crippen LogP contribution in [-0.2, 0) is 7.05 Å². The summed E-state index contributed by atoms with van der Waals surface area (Å²) in [7, 11) is 1.92. The zero-order valence-corrected chi connectivity index (χ0v) is 13.7. The van der Waals surface area contributed by atoms with E-state index in [1.54, 1.807) is 0 Å². The van der Waals surface area contributed by atoms with Crippen molar-refractivity contribution in [2.24, 2.45) is 24.8 Å². The number of nitrogens with zero attached hydrogens (tertiary/aromatic N) is 4. The molecule has 1 saturated heterocycles. The minimum absolute atomic E-state index is 0.615. The summed E-state index contributed by atoms with van der Waals surface area (Å²) in [6, 6.07) is 3.87. The van der Waals surface area contributed by atoms with Gasteiger partial charge in [0.1, 0.15) is 5.69 Å². The van der Waals surface area contributed by atoms with Crippen molar-refractivity contribution in [3.63, 3.8) is 0 Å². The van der Waals surface area contributed by atoms with Crippen LogP contribution in [0.4, 0.5) is 0 Å². The van der Waals surface area contributed by atoms with E-state index < -0.39 is 0 Å². The molecule has 0 radical (unpaired) electrons. The van der Waals surface area contributed by atoms with Crippen molar-refractivity contribution < 1.29 is 4.74 Å². The van der Waals surface area contributed by atoms with Crippen LogP contribution in [0.15, 0.2) is 18.3 Å². The number of ether oxygens (including phenoxy) is 1. The fourth-order valence-corrected chi connectivity index (χ4v) is 4.07. The molecular weight excluding hydrogens is 290 g/mol. The SMILES string of the molecule is Cc1cnn(C)c1-c1ccc(OCC2CC3CNCC3C2)nn1. The molecular formula is C17H23N5O. The van der Waals surface area contributed by atoms with Gasteiger partial charge < -0.3 is 10.1 Å². The van der Waals surface area contributed by atoms with E-state index in [-0.39, 0.29) is 0 Å². The molecule has 2 aliphatic rings. The van der Waals surface area contributed by atoms with Gasteiger partial charge in [-0.25, -0.2) is 0 Å². The lowest BCUT2D eigenvalue weighted by Gasteiger charge is -2.12. The lowest BCUT2D eigenvalue weighted by atomic mass is 10.0. The number of nitrogens with one attached hydrogen (secondary N) is 1. The van der Waals surface area contributed by atoms with Crippen LogP contribution in [0.2, 0.25) is 0 Å². The number of hydrogen-bond donors (Lipinski definition) is 1. The molecule has 2 aromatic rings. The zero-order valence-electron chi connectivity index (χ0n) is 13.7. The summed E-state index contributed by atoms with van der Waals surface area (Å²) in [5, 5.41) is 16.2. The van der Waals surface area contributed by atoms with Crippen LogP contribution in [0.1, 0.15) is 18.4 Å². The summed E-state index contributed by atoms with van der Waals surface area (Å²) in [6.45, 7) is 5.14. The highest BCUT2D eigenvalue weighted by molar-refractivity contribution is 5.58. The summed E-state index contributed by atoms with van der Waals surface area (Å²) in [6.07, 6.45) is 4.39. The van der Waals surface area contributed by atoms with Gasteiger partial charge in [0, 0.05) is 13.1 Å². The molecule has 2 unspecified atom stereocenters. The quantitative estimate of drug-likeness (QED) is 0.932. The minimum atomic E-state index is 0.615. The van der Waals surface area contributed by atoms with E-state index in [4.69, 9.17) is 4.74 Å². The van der Waals surface area contributed by atoms with Crippen LogP contribution < -0.4 is 10.1 Å². The van der Waals surface area contributed by atoms with Gasteiger partial charge in [-0.3, -0.25) is 4.68 Å². The molecule has 1 aliphatic heterocycles. The third-order valence-electron chi connectivity index (χ3n) is 5.22. The summed E-state index contributed by atoms with van der Waals surface area (Å²) < 4.78 is 7.70. The molecule has 0 bridgehead atoms. The molecule has 6 nitrogen and oxygen atoms in total. The predicted octanol–water partition coefficient (Wildman–Crippen LogP) is 1.81. The van der Waals surface area contributed by atoms with E-state index in [0.29, 0.717) is 11.8 Å². The Bertz CT molecular complexity index is 649. The van der Waals surface area contributed by atoms with Crippen LogP contribution >= 0.6 is 0 Å². The van der Waals surface area contributed by atoms with E-state index in [0.717, 1.165) is 35.4 Å². The Morgan fingerprint density at radius 1 is 1.22 bits per heavy atom. The van der Waals surface area contributed by atoms with Gasteiger partial charge in [0.25, 0.3) is 0 Å². The number of hydrogen-bond acceptors (Lipinski definition) is 5. The molecule has 0 aromatic carbocycles. The highest BCUT2D eigenvalue weighted by Crippen LogP contribution is 2.38. The maximum atomic E-state index is 5.87. The molecule has 2 aromatic heterocycles. The first kappa shape index (κ1) is 14.6. The number of aryl methyl sites for hydroxylation is 2. The smallest absolute Gasteiger partial charge is 0.233 e. The topological polar surface area (TPSA) is 64.9 Å². The molecule has 2 fully saturated rings. The number of rotatable bonds is 4. The van der Waals surface area contributed by atoms with Crippen LogP contribution in [0.3, 0.4) is 0 Å². The largest absolute Gasteiger partial charge is 0.476 e. The van der Waals surface area contributed by atoms with Gasteiger partial charge in [0.05, 0.1) is 18.5 Å². The maximum Gasteiger partial charge on any atom is 0.233 e. The second-order valence-corrected chi connectivity index (χ2v) is 6.88. The zero-order chi connectivity index (χ0) is 15.8. The van der Waals surface area contributed by atoms with E-state index >= 15 is 0 Å². The fraction of sp³-hybridized carbons (Fsp3) is 0.588. The van der Waals surface area contributed by atoms with Crippen molar-refractivity contribution in [3.8, 4) is 17.3 Å². The lowest BCUT2D eigenvalue weighted by Crippen LogP contribution is -2.16. The summed E-state index contributed by atoms with van der Waals surface area (Å²) in [5.41, 5.74) is 2.93. The van der Waals surface area contributed by atoms with E-state index in [2.05, 4.69) is 20.6 Å². The molecule has 4 rings (SSSR count). The van der Waals surface area contributed by atoms with Crippen molar-refractivity contribution in [1.29, 1.82) is 0 Å². The average Bonchev–Trinajstić information content (AvgIpc) is 3.21. The molecule has 0 amide bonds. The second-order valence-electron chi connectivity index (χ2n) is 6.88. The second kappa shape index (κ2) is 5.92. The van der Waals surface area contributed by atoms with Crippen LogP contribution in [0.5, 0.6) is 5.88 Å². The van der Waals surface area contributed by atoms with Gasteiger partial charge in [-0.1, -0.05) is 0 Å². The summed E-state index contributed by atoms with van der Waals surface area (Å²) >= 11 is 0. The molecule has 2 atom stereocenters. The van der Waals surface area contributed by atoms with Crippen molar-refractivity contribution in [2.75, 3.05) is 19.7 Å².